The molecule has 25 nitrogen and oxygen atoms in total. The van der Waals surface area contributed by atoms with Crippen molar-refractivity contribution in [2.45, 2.75) is 125 Å². The fraction of sp³-hybridized carbons (Fsp3) is 0.436. The smallest absolute Gasteiger partial charge is 0.315 e. The lowest BCUT2D eigenvalue weighted by Gasteiger charge is -2.43. The van der Waals surface area contributed by atoms with Crippen LogP contribution in [0.25, 0.3) is 0 Å². The Balaban J connectivity index is 0.897. The highest BCUT2D eigenvalue weighted by atomic mass is 16.7. The van der Waals surface area contributed by atoms with Crippen LogP contribution >= 0.6 is 0 Å². The first kappa shape index (κ1) is 55.9. The largest absolute Gasteiger partial charge is 0.507 e. The maximum atomic E-state index is 14.1. The van der Waals surface area contributed by atoms with Crippen LogP contribution in [-0.4, -0.2) is 180 Å². The Morgan fingerprint density at radius 1 is 0.575 bits per heavy atom. The SMILES string of the molecule is COc1cccc2c1C(=O)c1c(O)c3c(c(O)c1C2=O)C[C@@](O)(C(=O)CO)C[C@@H]3OC1CC(NC(=O)NC2CC(O[C@H]3C[C@](O)(C(=O)CO)Cc4c(O)c5c(c(O)c43)C(=O)c3c(OC)cccc3C5=O)OC(C)C2O)C(O)C(C)O1. The molecule has 12 N–H and O–H groups in total. The minimum absolute atomic E-state index is 0.00769. The fourth-order valence-corrected chi connectivity index (χ4v) is 12.1. The number of ketones is 6. The number of ether oxygens (including phenoxy) is 6. The minimum atomic E-state index is -2.48. The summed E-state index contributed by atoms with van der Waals surface area (Å²) in [6.07, 6.45) is -15.0. The number of aliphatic hydroxyl groups excluding tert-OH is 4. The van der Waals surface area contributed by atoms with Crippen LogP contribution in [0.4, 0.5) is 4.79 Å². The highest BCUT2D eigenvalue weighted by molar-refractivity contribution is 6.32. The molecule has 2 heterocycles. The van der Waals surface area contributed by atoms with Gasteiger partial charge in [-0.1, -0.05) is 24.3 Å². The highest BCUT2D eigenvalue weighted by Crippen LogP contribution is 2.55. The van der Waals surface area contributed by atoms with E-state index in [0.717, 1.165) is 0 Å². The van der Waals surface area contributed by atoms with Gasteiger partial charge in [0.05, 0.1) is 84.1 Å². The van der Waals surface area contributed by atoms with Gasteiger partial charge in [0.25, 0.3) is 0 Å². The zero-order valence-electron chi connectivity index (χ0n) is 43.2. The zero-order chi connectivity index (χ0) is 57.8. The van der Waals surface area contributed by atoms with Gasteiger partial charge in [0, 0.05) is 71.9 Å². The molecule has 2 fully saturated rings. The number of rotatable bonds is 12. The van der Waals surface area contributed by atoms with Crippen LogP contribution in [0.5, 0.6) is 34.5 Å². The lowest BCUT2D eigenvalue weighted by atomic mass is 9.72. The molecule has 8 unspecified atom stereocenters. The molecule has 424 valence electrons. The Labute approximate surface area is 453 Å². The summed E-state index contributed by atoms with van der Waals surface area (Å²) < 4.78 is 35.2. The van der Waals surface area contributed by atoms with Crippen LogP contribution in [-0.2, 0) is 41.4 Å². The summed E-state index contributed by atoms with van der Waals surface area (Å²) in [4.78, 5) is 96.4. The van der Waals surface area contributed by atoms with Crippen LogP contribution in [0, 0.1) is 0 Å². The van der Waals surface area contributed by atoms with Crippen LogP contribution in [0.1, 0.15) is 138 Å². The van der Waals surface area contributed by atoms with Crippen LogP contribution in [0.3, 0.4) is 0 Å². The van der Waals surface area contributed by atoms with Crippen molar-refractivity contribution in [3.63, 3.8) is 0 Å². The number of aromatic hydroxyl groups is 4. The number of benzene rings is 4. The van der Waals surface area contributed by atoms with Gasteiger partial charge in [-0.25, -0.2) is 4.79 Å². The molecule has 0 spiro atoms. The molecule has 0 aromatic heterocycles. The van der Waals surface area contributed by atoms with E-state index in [-0.39, 0.29) is 56.0 Å². The van der Waals surface area contributed by atoms with E-state index in [9.17, 15) is 84.6 Å². The summed E-state index contributed by atoms with van der Waals surface area (Å²) in [5.74, 6) is -9.17. The van der Waals surface area contributed by atoms with Gasteiger partial charge in [0.1, 0.15) is 71.1 Å². The van der Waals surface area contributed by atoms with Crippen molar-refractivity contribution < 1.29 is 113 Å². The Kier molecular flexibility index (Phi) is 14.4. The van der Waals surface area contributed by atoms with E-state index in [1.807, 2.05) is 0 Å². The molecule has 25 heteroatoms. The van der Waals surface area contributed by atoms with Crippen molar-refractivity contribution >= 4 is 40.7 Å². The van der Waals surface area contributed by atoms with Gasteiger partial charge < -0.3 is 90.1 Å². The molecule has 6 aliphatic rings. The van der Waals surface area contributed by atoms with Crippen LogP contribution < -0.4 is 20.1 Å². The number of hydrogen-bond donors (Lipinski definition) is 12. The number of phenolic OH excluding ortho intramolecular Hbond substituents is 4. The Morgan fingerprint density at radius 3 is 1.29 bits per heavy atom. The molecule has 80 heavy (non-hydrogen) atoms. The lowest BCUT2D eigenvalue weighted by Crippen LogP contribution is -2.61. The van der Waals surface area contributed by atoms with Gasteiger partial charge in [0.15, 0.2) is 35.7 Å². The van der Waals surface area contributed by atoms with E-state index in [2.05, 4.69) is 10.6 Å². The quantitative estimate of drug-likeness (QED) is 0.0738. The summed E-state index contributed by atoms with van der Waals surface area (Å²) in [5, 5.41) is 119. The Bertz CT molecular complexity index is 3130. The molecule has 0 saturated carbocycles. The van der Waals surface area contributed by atoms with Crippen molar-refractivity contribution in [1.82, 2.24) is 10.6 Å². The molecular formula is C55H56N2O23. The van der Waals surface area contributed by atoms with Crippen molar-refractivity contribution in [3.8, 4) is 34.5 Å². The molecular weight excluding hydrogens is 1060 g/mol. The number of fused-ring (bicyclic) bond motifs is 6. The first-order valence-corrected chi connectivity index (χ1v) is 25.4. The van der Waals surface area contributed by atoms with Crippen molar-refractivity contribution in [2.75, 3.05) is 27.4 Å². The third-order valence-corrected chi connectivity index (χ3v) is 16.2. The third kappa shape index (κ3) is 8.84. The van der Waals surface area contributed by atoms with E-state index >= 15 is 0 Å². The number of urea groups is 1. The molecule has 10 rings (SSSR count). The normalized spacial score (nSPS) is 29.5. The number of carbonyl (C=O) groups excluding carboxylic acids is 7. The average molecular weight is 1110 g/mol. The van der Waals surface area contributed by atoms with Gasteiger partial charge in [-0.3, -0.25) is 28.8 Å². The molecule has 2 amide bonds. The summed E-state index contributed by atoms with van der Waals surface area (Å²) in [6.45, 7) is 0.497. The fourth-order valence-electron chi connectivity index (χ4n) is 12.1. The maximum Gasteiger partial charge on any atom is 0.315 e. The molecule has 12 atom stereocenters. The second-order valence-corrected chi connectivity index (χ2v) is 20.8. The summed E-state index contributed by atoms with van der Waals surface area (Å²) >= 11 is 0. The molecule has 2 aliphatic heterocycles. The van der Waals surface area contributed by atoms with Crippen LogP contribution in [0.15, 0.2) is 36.4 Å². The number of nitrogens with one attached hydrogen (secondary N) is 2. The predicted octanol–water partition coefficient (Wildman–Crippen LogP) is 0.398. The van der Waals surface area contributed by atoms with E-state index in [1.54, 1.807) is 0 Å². The van der Waals surface area contributed by atoms with Crippen LogP contribution in [0.2, 0.25) is 0 Å². The second kappa shape index (κ2) is 20.6. The number of hydrogen-bond acceptors (Lipinski definition) is 23. The number of Topliss-reactive ketones (excluding diaryl/α,β-unsaturated/α-hetero) is 2. The molecule has 4 aliphatic carbocycles. The molecule has 0 bridgehead atoms. The number of aliphatic hydroxyl groups is 6. The average Bonchev–Trinajstić information content (AvgIpc) is 3.49. The zero-order valence-corrected chi connectivity index (χ0v) is 43.2. The standard InChI is InChI=1S/C55H56N2O23/c1-19-43(62)25(11-33(77-19)79-29-15-54(73,31(60)17-58)13-23-37(29)51(70)41-39(47(23)66)45(64)21-7-5-9-27(75-3)35(21)49(41)68)56-53(72)57-26-12-34(78-20(2)44(26)63)80-30-16-55(74,32(61)18-59)14-24-38(30)52(71)42-40(48(24)67)46(65)22-8-6-10-28(76-4)36(22)50(42)69/h5-10,19-20,25-26,29-30,33-34,43-44,58-59,62-63,66-67,70-71,73-74H,11-18H2,1-4H3,(H2,56,57,72)/t19?,20?,25?,26?,29-,30-,33?,34?,43?,44?,54-,55-/m0/s1. The lowest BCUT2D eigenvalue weighted by molar-refractivity contribution is -0.250. The highest BCUT2D eigenvalue weighted by Gasteiger charge is 2.53. The summed E-state index contributed by atoms with van der Waals surface area (Å²) in [5.41, 5.74) is -9.44. The van der Waals surface area contributed by atoms with Crippen molar-refractivity contribution in [1.29, 1.82) is 0 Å². The molecule has 2 saturated heterocycles. The number of methoxy groups -OCH3 is 2. The first-order valence-electron chi connectivity index (χ1n) is 25.4. The van der Waals surface area contributed by atoms with E-state index in [4.69, 9.17) is 28.4 Å². The van der Waals surface area contributed by atoms with Gasteiger partial charge in [-0.05, 0) is 26.0 Å². The minimum Gasteiger partial charge on any atom is -0.507 e. The van der Waals surface area contributed by atoms with Crippen molar-refractivity contribution in [3.05, 3.63) is 103 Å². The van der Waals surface area contributed by atoms with E-state index in [0.29, 0.717) is 0 Å². The van der Waals surface area contributed by atoms with Gasteiger partial charge in [0.2, 0.25) is 11.6 Å². The second-order valence-electron chi connectivity index (χ2n) is 20.8. The van der Waals surface area contributed by atoms with Crippen molar-refractivity contribution in [2.24, 2.45) is 0 Å². The monoisotopic (exact) mass is 1110 g/mol. The van der Waals surface area contributed by atoms with Gasteiger partial charge >= 0.3 is 6.03 Å². The Hall–Kier alpha value is -7.43. The Morgan fingerprint density at radius 2 is 0.938 bits per heavy atom. The summed E-state index contributed by atoms with van der Waals surface area (Å²) in [6, 6.07) is 4.87. The molecule has 4 aromatic rings. The summed E-state index contributed by atoms with van der Waals surface area (Å²) in [7, 11) is 2.53. The predicted molar refractivity (Wildman–Crippen MR) is 267 cm³/mol. The third-order valence-electron chi connectivity index (χ3n) is 16.2. The number of carbonyl (C=O) groups is 7. The first-order chi connectivity index (χ1) is 37.9. The number of phenols is 4. The topological polar surface area (TPSA) is 401 Å². The van der Waals surface area contributed by atoms with Gasteiger partial charge in [-0.15, -0.1) is 0 Å². The number of amides is 2. The van der Waals surface area contributed by atoms with Gasteiger partial charge in [-0.2, -0.15) is 0 Å². The van der Waals surface area contributed by atoms with E-state index in [1.165, 1.54) is 64.5 Å². The molecule has 4 aromatic carbocycles. The van der Waals surface area contributed by atoms with E-state index < -0.39 is 210 Å². The molecule has 0 radical (unpaired) electrons. The maximum absolute atomic E-state index is 14.1.